The molecule has 0 aliphatic carbocycles. The molecule has 1 atom stereocenters. The molecule has 1 fully saturated rings. The number of carbonyl (C=O) groups excluding carboxylic acids is 1. The maximum absolute atomic E-state index is 12.2. The van der Waals surface area contributed by atoms with E-state index in [0.717, 1.165) is 11.3 Å². The van der Waals surface area contributed by atoms with Gasteiger partial charge in [0.2, 0.25) is 0 Å². The Kier molecular flexibility index (Phi) is 3.58. The maximum atomic E-state index is 12.2. The first-order valence-corrected chi connectivity index (χ1v) is 6.88. The fourth-order valence-corrected chi connectivity index (χ4v) is 3.41. The Labute approximate surface area is 118 Å². The van der Waals surface area contributed by atoms with Crippen molar-refractivity contribution in [1.29, 1.82) is 0 Å². The average molecular weight is 308 g/mol. The highest BCUT2D eigenvalue weighted by molar-refractivity contribution is 7.20. The monoisotopic (exact) mass is 307 g/mol. The van der Waals surface area contributed by atoms with Crippen LogP contribution in [0.5, 0.6) is 0 Å². The number of thiophene rings is 1. The Morgan fingerprint density at radius 3 is 2.61 bits per heavy atom. The Morgan fingerprint density at radius 2 is 2.17 bits per heavy atom. The number of likely N-dealkylation sites (tertiary alicyclic amines) is 1. The standard InChI is InChI=1S/C11H11Cl2NO3S/c1-11(10(16)17)2-3-14(5-11)9(15)6-4-7(12)18-8(6)13/h4H,2-3,5H2,1H3,(H,16,17)/t11-/m1/s1. The molecular weight excluding hydrogens is 297 g/mol. The van der Waals surface area contributed by atoms with E-state index in [9.17, 15) is 9.59 Å². The van der Waals surface area contributed by atoms with Crippen molar-refractivity contribution < 1.29 is 14.7 Å². The number of rotatable bonds is 2. The summed E-state index contributed by atoms with van der Waals surface area (Å²) in [6.45, 7) is 2.27. The highest BCUT2D eigenvalue weighted by Crippen LogP contribution is 2.35. The largest absolute Gasteiger partial charge is 0.481 e. The number of halogens is 2. The summed E-state index contributed by atoms with van der Waals surface area (Å²) in [5.41, 5.74) is -0.525. The summed E-state index contributed by atoms with van der Waals surface area (Å²) in [6.07, 6.45) is 0.448. The van der Waals surface area contributed by atoms with Crippen molar-refractivity contribution in [2.45, 2.75) is 13.3 Å². The second kappa shape index (κ2) is 4.72. The van der Waals surface area contributed by atoms with Crippen LogP contribution in [0.2, 0.25) is 8.67 Å². The molecule has 1 N–H and O–H groups in total. The first-order valence-electron chi connectivity index (χ1n) is 5.31. The van der Waals surface area contributed by atoms with Gasteiger partial charge >= 0.3 is 5.97 Å². The zero-order valence-corrected chi connectivity index (χ0v) is 11.9. The van der Waals surface area contributed by atoms with Crippen LogP contribution in [0.4, 0.5) is 0 Å². The second-order valence-electron chi connectivity index (χ2n) is 4.58. The lowest BCUT2D eigenvalue weighted by molar-refractivity contribution is -0.147. The van der Waals surface area contributed by atoms with Crippen molar-refractivity contribution in [2.24, 2.45) is 5.41 Å². The van der Waals surface area contributed by atoms with Gasteiger partial charge in [0, 0.05) is 13.1 Å². The molecule has 18 heavy (non-hydrogen) atoms. The van der Waals surface area contributed by atoms with Crippen molar-refractivity contribution in [3.63, 3.8) is 0 Å². The van der Waals surface area contributed by atoms with E-state index in [2.05, 4.69) is 0 Å². The molecule has 98 valence electrons. The quantitative estimate of drug-likeness (QED) is 0.913. The topological polar surface area (TPSA) is 57.6 Å². The van der Waals surface area contributed by atoms with Crippen LogP contribution in [0.1, 0.15) is 23.7 Å². The predicted octanol–water partition coefficient (Wildman–Crippen LogP) is 2.99. The van der Waals surface area contributed by atoms with Gasteiger partial charge in [0.25, 0.3) is 5.91 Å². The molecule has 4 nitrogen and oxygen atoms in total. The normalized spacial score (nSPS) is 23.4. The van der Waals surface area contributed by atoms with Crippen molar-refractivity contribution in [3.8, 4) is 0 Å². The number of aliphatic carboxylic acids is 1. The molecule has 0 bridgehead atoms. The van der Waals surface area contributed by atoms with E-state index >= 15 is 0 Å². The van der Waals surface area contributed by atoms with Gasteiger partial charge in [-0.2, -0.15) is 0 Å². The van der Waals surface area contributed by atoms with Gasteiger partial charge in [-0.1, -0.05) is 23.2 Å². The molecular formula is C11H11Cl2NO3S. The van der Waals surface area contributed by atoms with E-state index in [0.29, 0.717) is 27.2 Å². The van der Waals surface area contributed by atoms with Gasteiger partial charge in [-0.3, -0.25) is 9.59 Å². The molecule has 1 aromatic heterocycles. The third-order valence-electron chi connectivity index (χ3n) is 3.16. The van der Waals surface area contributed by atoms with Crippen LogP contribution in [0.3, 0.4) is 0 Å². The van der Waals surface area contributed by atoms with E-state index < -0.39 is 11.4 Å². The SMILES string of the molecule is C[C@@]1(C(=O)O)CCN(C(=O)c2cc(Cl)sc2Cl)C1. The van der Waals surface area contributed by atoms with Crippen LogP contribution >= 0.6 is 34.5 Å². The lowest BCUT2D eigenvalue weighted by Gasteiger charge is -2.19. The van der Waals surface area contributed by atoms with E-state index in [1.807, 2.05) is 0 Å². The van der Waals surface area contributed by atoms with Crippen LogP contribution in [0.15, 0.2) is 6.07 Å². The lowest BCUT2D eigenvalue weighted by atomic mass is 9.90. The summed E-state index contributed by atoms with van der Waals surface area (Å²) >= 11 is 12.8. The van der Waals surface area contributed by atoms with E-state index in [1.54, 1.807) is 6.92 Å². The summed E-state index contributed by atoms with van der Waals surface area (Å²) in [4.78, 5) is 24.8. The molecule has 1 aliphatic rings. The molecule has 0 aromatic carbocycles. The number of carboxylic acid groups (broad SMARTS) is 1. The zero-order valence-electron chi connectivity index (χ0n) is 9.57. The van der Waals surface area contributed by atoms with E-state index in [-0.39, 0.29) is 12.5 Å². The summed E-state index contributed by atoms with van der Waals surface area (Å²) in [6, 6.07) is 1.52. The van der Waals surface area contributed by atoms with Crippen LogP contribution in [0, 0.1) is 5.41 Å². The van der Waals surface area contributed by atoms with E-state index in [4.69, 9.17) is 28.3 Å². The Bertz CT molecular complexity index is 516. The number of hydrogen-bond donors (Lipinski definition) is 1. The number of carboxylic acids is 1. The Hall–Kier alpha value is -0.780. The minimum atomic E-state index is -0.882. The first kappa shape index (κ1) is 13.6. The number of nitrogens with zero attached hydrogens (tertiary/aromatic N) is 1. The third kappa shape index (κ3) is 2.35. The summed E-state index contributed by atoms with van der Waals surface area (Å²) in [7, 11) is 0. The fourth-order valence-electron chi connectivity index (χ4n) is 1.97. The first-order chi connectivity index (χ1) is 8.33. The molecule has 1 aromatic rings. The van der Waals surface area contributed by atoms with Crippen molar-refractivity contribution >= 4 is 46.4 Å². The number of hydrogen-bond acceptors (Lipinski definition) is 3. The van der Waals surface area contributed by atoms with Gasteiger partial charge < -0.3 is 10.0 Å². The molecule has 0 unspecified atom stereocenters. The van der Waals surface area contributed by atoms with Crippen molar-refractivity contribution in [1.82, 2.24) is 4.90 Å². The highest BCUT2D eigenvalue weighted by atomic mass is 35.5. The van der Waals surface area contributed by atoms with Gasteiger partial charge in [-0.15, -0.1) is 11.3 Å². The second-order valence-corrected chi connectivity index (χ2v) is 6.87. The molecule has 0 radical (unpaired) electrons. The van der Waals surface area contributed by atoms with Gasteiger partial charge in [0.1, 0.15) is 4.34 Å². The van der Waals surface area contributed by atoms with Crippen LogP contribution in [-0.4, -0.2) is 35.0 Å². The number of amides is 1. The molecule has 1 saturated heterocycles. The van der Waals surface area contributed by atoms with Crippen LogP contribution < -0.4 is 0 Å². The van der Waals surface area contributed by atoms with Crippen molar-refractivity contribution in [2.75, 3.05) is 13.1 Å². The van der Waals surface area contributed by atoms with Gasteiger partial charge in [0.05, 0.1) is 15.3 Å². The molecule has 2 heterocycles. The van der Waals surface area contributed by atoms with Gasteiger partial charge in [-0.05, 0) is 19.4 Å². The molecule has 1 aliphatic heterocycles. The lowest BCUT2D eigenvalue weighted by Crippen LogP contribution is -2.34. The highest BCUT2D eigenvalue weighted by Gasteiger charge is 2.42. The third-order valence-corrected chi connectivity index (χ3v) is 4.65. The number of carbonyl (C=O) groups is 2. The average Bonchev–Trinajstić information content (AvgIpc) is 2.82. The Morgan fingerprint density at radius 1 is 1.50 bits per heavy atom. The van der Waals surface area contributed by atoms with E-state index in [1.165, 1.54) is 11.0 Å². The Balaban J connectivity index is 2.18. The summed E-state index contributed by atoms with van der Waals surface area (Å²) in [5, 5.41) is 9.12. The molecule has 0 spiro atoms. The summed E-state index contributed by atoms with van der Waals surface area (Å²) < 4.78 is 0.789. The zero-order chi connectivity index (χ0) is 13.5. The van der Waals surface area contributed by atoms with Crippen LogP contribution in [-0.2, 0) is 4.79 Å². The van der Waals surface area contributed by atoms with Crippen LogP contribution in [0.25, 0.3) is 0 Å². The molecule has 2 rings (SSSR count). The van der Waals surface area contributed by atoms with Crippen molar-refractivity contribution in [3.05, 3.63) is 20.3 Å². The van der Waals surface area contributed by atoms with Gasteiger partial charge in [-0.25, -0.2) is 0 Å². The maximum Gasteiger partial charge on any atom is 0.311 e. The fraction of sp³-hybridized carbons (Fsp3) is 0.455. The molecule has 0 saturated carbocycles. The molecule has 1 amide bonds. The summed E-state index contributed by atoms with van der Waals surface area (Å²) in [5.74, 6) is -1.14. The minimum Gasteiger partial charge on any atom is -0.481 e. The predicted molar refractivity (Wildman–Crippen MR) is 70.6 cm³/mol. The minimum absolute atomic E-state index is 0.199. The van der Waals surface area contributed by atoms with Gasteiger partial charge in [0.15, 0.2) is 0 Å². The molecule has 7 heteroatoms. The smallest absolute Gasteiger partial charge is 0.311 e.